The number of amides is 4. The number of aliphatic imine (C=N–C) groups is 1. The van der Waals surface area contributed by atoms with Crippen LogP contribution in [0, 0.1) is 5.92 Å². The molecule has 35 heavy (non-hydrogen) atoms. The summed E-state index contributed by atoms with van der Waals surface area (Å²) in [4.78, 5) is 66.6. The van der Waals surface area contributed by atoms with E-state index in [-0.39, 0.29) is 37.8 Å². The minimum atomic E-state index is -1.22. The van der Waals surface area contributed by atoms with E-state index in [2.05, 4.69) is 15.6 Å². The first-order valence-electron chi connectivity index (χ1n) is 11.6. The van der Waals surface area contributed by atoms with Crippen molar-refractivity contribution in [2.75, 3.05) is 13.1 Å². The number of nitrogens with zero attached hydrogens (tertiary/aromatic N) is 2. The first-order chi connectivity index (χ1) is 16.4. The van der Waals surface area contributed by atoms with Gasteiger partial charge in [-0.2, -0.15) is 0 Å². The average Bonchev–Trinajstić information content (AvgIpc) is 3.27. The Bertz CT molecular complexity index is 816. The zero-order chi connectivity index (χ0) is 26.7. The highest BCUT2D eigenvalue weighted by atomic mass is 16.4. The van der Waals surface area contributed by atoms with Gasteiger partial charge >= 0.3 is 5.97 Å². The second-order valence-corrected chi connectivity index (χ2v) is 8.69. The smallest absolute Gasteiger partial charge is 0.326 e. The van der Waals surface area contributed by atoms with Crippen molar-refractivity contribution in [3.63, 3.8) is 0 Å². The zero-order valence-electron chi connectivity index (χ0n) is 20.2. The van der Waals surface area contributed by atoms with E-state index in [4.69, 9.17) is 22.9 Å². The number of carbonyl (C=O) groups excluding carboxylic acids is 4. The molecule has 0 spiro atoms. The number of rotatable bonds is 14. The molecule has 0 radical (unpaired) electrons. The van der Waals surface area contributed by atoms with Gasteiger partial charge in [0.25, 0.3) is 0 Å². The van der Waals surface area contributed by atoms with Crippen molar-refractivity contribution in [1.82, 2.24) is 15.5 Å². The first-order valence-corrected chi connectivity index (χ1v) is 11.6. The van der Waals surface area contributed by atoms with Crippen LogP contribution < -0.4 is 33.6 Å². The molecule has 0 aromatic carbocycles. The van der Waals surface area contributed by atoms with Crippen LogP contribution in [0.4, 0.5) is 0 Å². The maximum Gasteiger partial charge on any atom is 0.326 e. The van der Waals surface area contributed by atoms with E-state index in [1.807, 2.05) is 6.92 Å². The summed E-state index contributed by atoms with van der Waals surface area (Å²) in [5, 5.41) is 14.6. The first kappa shape index (κ1) is 29.6. The quantitative estimate of drug-likeness (QED) is 0.0748. The maximum absolute atomic E-state index is 13.4. The Kier molecular flexibility index (Phi) is 11.9. The highest BCUT2D eigenvalue weighted by Crippen LogP contribution is 2.22. The molecule has 14 heteroatoms. The van der Waals surface area contributed by atoms with Gasteiger partial charge in [0.15, 0.2) is 5.96 Å². The van der Waals surface area contributed by atoms with Crippen LogP contribution in [0.3, 0.4) is 0 Å². The van der Waals surface area contributed by atoms with E-state index in [1.54, 1.807) is 6.92 Å². The standard InChI is InChI=1S/C21H38N8O6/c1-3-11(2)16(28-17(31)12(22)10-15(23)30)19(33)29-9-5-7-14(29)18(32)27-13(20(34)35)6-4-8-26-21(24)25/h11-14,16H,3-10,22H2,1-2H3,(H2,23,30)(H,27,32)(H,28,31)(H,34,35)(H4,24,25,26). The van der Waals surface area contributed by atoms with Gasteiger partial charge in [-0.25, -0.2) is 4.79 Å². The Morgan fingerprint density at radius 1 is 1.14 bits per heavy atom. The molecule has 11 N–H and O–H groups in total. The third-order valence-corrected chi connectivity index (χ3v) is 5.93. The van der Waals surface area contributed by atoms with Gasteiger partial charge in [0, 0.05) is 13.1 Å². The van der Waals surface area contributed by atoms with Crippen molar-refractivity contribution >= 4 is 35.6 Å². The summed E-state index contributed by atoms with van der Waals surface area (Å²) in [7, 11) is 0. The predicted molar refractivity (Wildman–Crippen MR) is 127 cm³/mol. The molecule has 0 aliphatic carbocycles. The SMILES string of the molecule is CCC(C)C(NC(=O)C(N)CC(N)=O)C(=O)N1CCCC1C(=O)NC(CCCN=C(N)N)C(=O)O. The van der Waals surface area contributed by atoms with E-state index in [1.165, 1.54) is 4.90 Å². The van der Waals surface area contributed by atoms with Gasteiger partial charge in [-0.15, -0.1) is 0 Å². The topological polar surface area (TPSA) is 249 Å². The summed E-state index contributed by atoms with van der Waals surface area (Å²) < 4.78 is 0. The van der Waals surface area contributed by atoms with Crippen LogP contribution in [0.2, 0.25) is 0 Å². The number of nitrogens with two attached hydrogens (primary N) is 4. The van der Waals surface area contributed by atoms with Crippen molar-refractivity contribution in [2.24, 2.45) is 33.8 Å². The summed E-state index contributed by atoms with van der Waals surface area (Å²) in [6.45, 7) is 4.10. The van der Waals surface area contributed by atoms with Crippen molar-refractivity contribution in [2.45, 2.75) is 76.5 Å². The van der Waals surface area contributed by atoms with E-state index in [9.17, 15) is 29.1 Å². The van der Waals surface area contributed by atoms with E-state index in [0.717, 1.165) is 0 Å². The van der Waals surface area contributed by atoms with Crippen LogP contribution in [0.1, 0.15) is 52.4 Å². The van der Waals surface area contributed by atoms with Crippen molar-refractivity contribution in [3.05, 3.63) is 0 Å². The molecule has 5 atom stereocenters. The van der Waals surface area contributed by atoms with Gasteiger partial charge in [0.1, 0.15) is 18.1 Å². The van der Waals surface area contributed by atoms with Gasteiger partial charge in [-0.3, -0.25) is 24.2 Å². The maximum atomic E-state index is 13.4. The second-order valence-electron chi connectivity index (χ2n) is 8.69. The average molecular weight is 499 g/mol. The number of guanidine groups is 1. The number of aliphatic carboxylic acids is 1. The zero-order valence-corrected chi connectivity index (χ0v) is 20.2. The normalized spacial score (nSPS) is 18.6. The third-order valence-electron chi connectivity index (χ3n) is 5.93. The number of primary amides is 1. The molecule has 4 amide bonds. The lowest BCUT2D eigenvalue weighted by Gasteiger charge is -2.32. The molecule has 1 fully saturated rings. The van der Waals surface area contributed by atoms with Gasteiger partial charge in [0.2, 0.25) is 23.6 Å². The summed E-state index contributed by atoms with van der Waals surface area (Å²) in [6.07, 6.45) is 1.48. The molecular formula is C21H38N8O6. The highest BCUT2D eigenvalue weighted by molar-refractivity contribution is 5.95. The van der Waals surface area contributed by atoms with E-state index >= 15 is 0 Å². The molecule has 1 aliphatic rings. The number of hydrogen-bond donors (Lipinski definition) is 7. The Morgan fingerprint density at radius 2 is 1.80 bits per heavy atom. The largest absolute Gasteiger partial charge is 0.480 e. The van der Waals surface area contributed by atoms with Crippen molar-refractivity contribution < 1.29 is 29.1 Å². The molecular weight excluding hydrogens is 460 g/mol. The minimum absolute atomic E-state index is 0.0990. The number of likely N-dealkylation sites (tertiary alicyclic amines) is 1. The molecule has 0 aromatic rings. The highest BCUT2D eigenvalue weighted by Gasteiger charge is 2.40. The lowest BCUT2D eigenvalue weighted by atomic mass is 9.96. The fourth-order valence-electron chi connectivity index (χ4n) is 3.76. The lowest BCUT2D eigenvalue weighted by Crippen LogP contribution is -2.58. The second kappa shape index (κ2) is 14.1. The number of carbonyl (C=O) groups is 5. The van der Waals surface area contributed by atoms with Crippen molar-refractivity contribution in [3.8, 4) is 0 Å². The summed E-state index contributed by atoms with van der Waals surface area (Å²) in [5.41, 5.74) is 21.3. The van der Waals surface area contributed by atoms with Gasteiger partial charge in [-0.05, 0) is 31.6 Å². The molecule has 0 bridgehead atoms. The number of hydrogen-bond acceptors (Lipinski definition) is 7. The minimum Gasteiger partial charge on any atom is -0.480 e. The van der Waals surface area contributed by atoms with Crippen molar-refractivity contribution in [1.29, 1.82) is 0 Å². The van der Waals surface area contributed by atoms with Gasteiger partial charge < -0.3 is 43.6 Å². The number of carboxylic acids is 1. The molecule has 1 rings (SSSR count). The molecule has 198 valence electrons. The van der Waals surface area contributed by atoms with E-state index in [0.29, 0.717) is 25.7 Å². The predicted octanol–water partition coefficient (Wildman–Crippen LogP) is -2.67. The summed E-state index contributed by atoms with van der Waals surface area (Å²) in [5.74, 6) is -4.14. The molecule has 0 aromatic heterocycles. The van der Waals surface area contributed by atoms with Gasteiger partial charge in [0.05, 0.1) is 12.5 Å². The fourth-order valence-corrected chi connectivity index (χ4v) is 3.76. The molecule has 5 unspecified atom stereocenters. The molecule has 1 saturated heterocycles. The molecule has 1 heterocycles. The molecule has 1 aliphatic heterocycles. The lowest BCUT2D eigenvalue weighted by molar-refractivity contribution is -0.145. The Balaban J connectivity index is 2.92. The van der Waals surface area contributed by atoms with E-state index < -0.39 is 53.8 Å². The van der Waals surface area contributed by atoms with Crippen LogP contribution in [0.5, 0.6) is 0 Å². The van der Waals surface area contributed by atoms with Crippen LogP contribution in [-0.2, 0) is 24.0 Å². The monoisotopic (exact) mass is 498 g/mol. The number of carboxylic acid groups (broad SMARTS) is 1. The van der Waals surface area contributed by atoms with Crippen LogP contribution >= 0.6 is 0 Å². The fraction of sp³-hybridized carbons (Fsp3) is 0.714. The third kappa shape index (κ3) is 9.39. The molecule has 0 saturated carbocycles. The Hall–Kier alpha value is -3.42. The van der Waals surface area contributed by atoms with Crippen LogP contribution in [0.15, 0.2) is 4.99 Å². The van der Waals surface area contributed by atoms with Crippen LogP contribution in [-0.4, -0.2) is 82.8 Å². The number of nitrogens with one attached hydrogen (secondary N) is 2. The van der Waals surface area contributed by atoms with Crippen LogP contribution in [0.25, 0.3) is 0 Å². The van der Waals surface area contributed by atoms with Gasteiger partial charge in [-0.1, -0.05) is 20.3 Å². The molecule has 14 nitrogen and oxygen atoms in total. The Labute approximate surface area is 204 Å². The summed E-state index contributed by atoms with van der Waals surface area (Å²) >= 11 is 0. The Morgan fingerprint density at radius 3 is 2.34 bits per heavy atom. The summed E-state index contributed by atoms with van der Waals surface area (Å²) in [6, 6.07) is -4.24.